The van der Waals surface area contributed by atoms with Gasteiger partial charge in [0.1, 0.15) is 11.5 Å². The topological polar surface area (TPSA) is 43.4 Å². The molecule has 0 aliphatic rings. The lowest BCUT2D eigenvalue weighted by molar-refractivity contribution is -0.119. The Morgan fingerprint density at radius 1 is 1.00 bits per heavy atom. The van der Waals surface area contributed by atoms with Gasteiger partial charge in [-0.25, -0.2) is 0 Å². The second-order valence-corrected chi connectivity index (χ2v) is 6.06. The van der Waals surface area contributed by atoms with E-state index in [0.717, 1.165) is 23.3 Å². The van der Waals surface area contributed by atoms with Crippen LogP contribution in [0.2, 0.25) is 0 Å². The number of carbonyl (C=O) groups excluding carboxylic acids is 2. The largest absolute Gasteiger partial charge is 0.497 e. The Morgan fingerprint density at radius 2 is 1.67 bits per heavy atom. The fraction of sp³-hybridized carbons (Fsp3) is 0.333. The summed E-state index contributed by atoms with van der Waals surface area (Å²) in [6.45, 7) is 5.27. The third-order valence-corrected chi connectivity index (χ3v) is 4.48. The standard InChI is InChI=1S/C21H24O3/c1-5-20(18-8-6-7-17(13-18)14(2)22)21(15(3)23)16-9-11-19(24-4)12-10-16/h6-13,20-21H,5H2,1-4H3. The minimum Gasteiger partial charge on any atom is -0.497 e. The molecule has 2 atom stereocenters. The molecule has 0 fully saturated rings. The zero-order chi connectivity index (χ0) is 17.7. The first-order chi connectivity index (χ1) is 11.5. The van der Waals surface area contributed by atoms with E-state index < -0.39 is 0 Å². The Kier molecular flexibility index (Phi) is 5.91. The second-order valence-electron chi connectivity index (χ2n) is 6.06. The zero-order valence-electron chi connectivity index (χ0n) is 14.7. The van der Waals surface area contributed by atoms with Crippen molar-refractivity contribution in [1.82, 2.24) is 0 Å². The molecule has 3 heteroatoms. The molecule has 0 aliphatic carbocycles. The van der Waals surface area contributed by atoms with Gasteiger partial charge in [-0.2, -0.15) is 0 Å². The summed E-state index contributed by atoms with van der Waals surface area (Å²) in [4.78, 5) is 24.1. The van der Waals surface area contributed by atoms with Crippen molar-refractivity contribution >= 4 is 11.6 Å². The predicted molar refractivity (Wildman–Crippen MR) is 95.9 cm³/mol. The molecule has 0 aliphatic heterocycles. The summed E-state index contributed by atoms with van der Waals surface area (Å²) in [6.07, 6.45) is 0.817. The SMILES string of the molecule is CCC(c1cccc(C(C)=O)c1)C(C(C)=O)c1ccc(OC)cc1. The Balaban J connectivity index is 2.45. The van der Waals surface area contributed by atoms with Gasteiger partial charge >= 0.3 is 0 Å². The molecule has 2 aromatic rings. The van der Waals surface area contributed by atoms with Gasteiger partial charge in [-0.1, -0.05) is 37.3 Å². The van der Waals surface area contributed by atoms with Crippen LogP contribution in [0.3, 0.4) is 0 Å². The predicted octanol–water partition coefficient (Wildman–Crippen LogP) is 4.76. The monoisotopic (exact) mass is 324 g/mol. The van der Waals surface area contributed by atoms with Crippen LogP contribution >= 0.6 is 0 Å². The van der Waals surface area contributed by atoms with E-state index >= 15 is 0 Å². The molecule has 3 nitrogen and oxygen atoms in total. The molecule has 2 unspecified atom stereocenters. The number of hydrogen-bond acceptors (Lipinski definition) is 3. The highest BCUT2D eigenvalue weighted by molar-refractivity contribution is 5.94. The fourth-order valence-corrected chi connectivity index (χ4v) is 3.21. The highest BCUT2D eigenvalue weighted by Gasteiger charge is 2.27. The summed E-state index contributed by atoms with van der Waals surface area (Å²) in [6, 6.07) is 15.3. The minimum atomic E-state index is -0.233. The van der Waals surface area contributed by atoms with Crippen LogP contribution in [-0.2, 0) is 4.79 Å². The normalized spacial score (nSPS) is 13.2. The molecular weight excluding hydrogens is 300 g/mol. The number of hydrogen-bond donors (Lipinski definition) is 0. The van der Waals surface area contributed by atoms with E-state index in [2.05, 4.69) is 6.92 Å². The van der Waals surface area contributed by atoms with Gasteiger partial charge in [0.15, 0.2) is 5.78 Å². The average Bonchev–Trinajstić information content (AvgIpc) is 2.59. The van der Waals surface area contributed by atoms with Crippen LogP contribution in [0.1, 0.15) is 60.5 Å². The number of methoxy groups -OCH3 is 1. The van der Waals surface area contributed by atoms with Gasteiger partial charge in [-0.15, -0.1) is 0 Å². The number of rotatable bonds is 7. The Morgan fingerprint density at radius 3 is 2.17 bits per heavy atom. The van der Waals surface area contributed by atoms with Crippen LogP contribution in [-0.4, -0.2) is 18.7 Å². The van der Waals surface area contributed by atoms with Crippen molar-refractivity contribution in [3.8, 4) is 5.75 Å². The third-order valence-electron chi connectivity index (χ3n) is 4.48. The molecule has 0 N–H and O–H groups in total. The highest BCUT2D eigenvalue weighted by atomic mass is 16.5. The van der Waals surface area contributed by atoms with Gasteiger partial charge in [0, 0.05) is 11.5 Å². The van der Waals surface area contributed by atoms with Gasteiger partial charge < -0.3 is 4.74 Å². The molecule has 0 saturated carbocycles. The second kappa shape index (κ2) is 7.91. The molecule has 0 amide bonds. The lowest BCUT2D eigenvalue weighted by Crippen LogP contribution is -2.18. The Hall–Kier alpha value is -2.42. The van der Waals surface area contributed by atoms with E-state index in [1.54, 1.807) is 21.0 Å². The van der Waals surface area contributed by atoms with Crippen molar-refractivity contribution in [3.05, 3.63) is 65.2 Å². The van der Waals surface area contributed by atoms with Crippen LogP contribution in [0.4, 0.5) is 0 Å². The number of carbonyl (C=O) groups is 2. The summed E-state index contributed by atoms with van der Waals surface area (Å²) < 4.78 is 5.20. The highest BCUT2D eigenvalue weighted by Crippen LogP contribution is 2.37. The smallest absolute Gasteiger partial charge is 0.159 e. The van der Waals surface area contributed by atoms with Crippen LogP contribution in [0.15, 0.2) is 48.5 Å². The van der Waals surface area contributed by atoms with Gasteiger partial charge in [0.25, 0.3) is 0 Å². The zero-order valence-corrected chi connectivity index (χ0v) is 14.7. The van der Waals surface area contributed by atoms with E-state index in [9.17, 15) is 9.59 Å². The number of ether oxygens (including phenoxy) is 1. The third kappa shape index (κ3) is 3.91. The Bertz CT molecular complexity index is 716. The number of ketones is 2. The average molecular weight is 324 g/mol. The lowest BCUT2D eigenvalue weighted by Gasteiger charge is -2.25. The molecule has 0 bridgehead atoms. The van der Waals surface area contributed by atoms with Crippen LogP contribution < -0.4 is 4.74 Å². The van der Waals surface area contributed by atoms with E-state index in [4.69, 9.17) is 4.74 Å². The van der Waals surface area contributed by atoms with Crippen molar-refractivity contribution in [2.45, 2.75) is 39.0 Å². The summed E-state index contributed by atoms with van der Waals surface area (Å²) in [5, 5.41) is 0. The molecule has 0 radical (unpaired) electrons. The van der Waals surface area contributed by atoms with Crippen molar-refractivity contribution < 1.29 is 14.3 Å². The van der Waals surface area contributed by atoms with Gasteiger partial charge in [-0.3, -0.25) is 9.59 Å². The molecule has 24 heavy (non-hydrogen) atoms. The first-order valence-corrected chi connectivity index (χ1v) is 8.23. The molecule has 2 aromatic carbocycles. The maximum atomic E-state index is 12.4. The van der Waals surface area contributed by atoms with Crippen molar-refractivity contribution in [3.63, 3.8) is 0 Å². The fourth-order valence-electron chi connectivity index (χ4n) is 3.21. The summed E-state index contributed by atoms with van der Waals surface area (Å²) in [5.74, 6) is 0.738. The summed E-state index contributed by atoms with van der Waals surface area (Å²) in [5.41, 5.74) is 2.69. The van der Waals surface area contributed by atoms with E-state index in [1.807, 2.05) is 48.5 Å². The molecule has 0 aromatic heterocycles. The van der Waals surface area contributed by atoms with Gasteiger partial charge in [-0.05, 0) is 55.5 Å². The first-order valence-electron chi connectivity index (χ1n) is 8.23. The molecule has 2 rings (SSSR count). The maximum absolute atomic E-state index is 12.4. The van der Waals surface area contributed by atoms with Gasteiger partial charge in [0.2, 0.25) is 0 Å². The molecule has 126 valence electrons. The maximum Gasteiger partial charge on any atom is 0.159 e. The van der Waals surface area contributed by atoms with Crippen molar-refractivity contribution in [2.24, 2.45) is 0 Å². The van der Waals surface area contributed by atoms with Gasteiger partial charge in [0.05, 0.1) is 7.11 Å². The Labute approximate surface area is 143 Å². The van der Waals surface area contributed by atoms with Crippen molar-refractivity contribution in [1.29, 1.82) is 0 Å². The van der Waals surface area contributed by atoms with Crippen molar-refractivity contribution in [2.75, 3.05) is 7.11 Å². The number of benzene rings is 2. The molecular formula is C21H24O3. The lowest BCUT2D eigenvalue weighted by atomic mass is 9.77. The molecule has 0 heterocycles. The minimum absolute atomic E-state index is 0.0372. The number of Topliss-reactive ketones (excluding diaryl/α,β-unsaturated/α-hetero) is 2. The van der Waals surface area contributed by atoms with E-state index in [0.29, 0.717) is 5.56 Å². The van der Waals surface area contributed by atoms with E-state index in [1.165, 1.54) is 0 Å². The summed E-state index contributed by atoms with van der Waals surface area (Å²) in [7, 11) is 1.62. The molecule has 0 spiro atoms. The van der Waals surface area contributed by atoms with Crippen LogP contribution in [0.25, 0.3) is 0 Å². The summed E-state index contributed by atoms with van der Waals surface area (Å²) >= 11 is 0. The van der Waals surface area contributed by atoms with E-state index in [-0.39, 0.29) is 23.4 Å². The van der Waals surface area contributed by atoms with Crippen LogP contribution in [0, 0.1) is 0 Å². The first kappa shape index (κ1) is 17.9. The quantitative estimate of drug-likeness (QED) is 0.689. The van der Waals surface area contributed by atoms with Crippen LogP contribution in [0.5, 0.6) is 5.75 Å². The molecule has 0 saturated heterocycles.